The highest BCUT2D eigenvalue weighted by Crippen LogP contribution is 2.52. The van der Waals surface area contributed by atoms with Gasteiger partial charge in [-0.1, -0.05) is 48.0 Å². The molecule has 0 radical (unpaired) electrons. The molecule has 2 aromatic rings. The molecule has 0 aromatic heterocycles. The summed E-state index contributed by atoms with van der Waals surface area (Å²) in [4.78, 5) is 13.8. The summed E-state index contributed by atoms with van der Waals surface area (Å²) < 4.78 is 30.6. The van der Waals surface area contributed by atoms with Crippen LogP contribution in [0.1, 0.15) is 38.3 Å². The van der Waals surface area contributed by atoms with E-state index in [-0.39, 0.29) is 17.1 Å². The lowest BCUT2D eigenvalue weighted by Gasteiger charge is -2.44. The number of amides is 1. The van der Waals surface area contributed by atoms with E-state index in [9.17, 15) is 18.8 Å². The summed E-state index contributed by atoms with van der Waals surface area (Å²) in [5.41, 5.74) is 0.240. The molecule has 32 heavy (non-hydrogen) atoms. The lowest BCUT2D eigenvalue weighted by atomic mass is 9.78. The molecule has 2 aromatic carbocycles. The molecule has 0 aliphatic carbocycles. The Balaban J connectivity index is 2.31. The van der Waals surface area contributed by atoms with Gasteiger partial charge < -0.3 is 9.66 Å². The number of fused-ring (bicyclic) bond motifs is 1. The van der Waals surface area contributed by atoms with Crippen molar-refractivity contribution in [3.8, 4) is 0 Å². The number of carboxylic acid groups (broad SMARTS) is 1. The normalized spacial score (nSPS) is 20.0. The molecule has 0 spiro atoms. The number of benzene rings is 2. The third-order valence-corrected chi connectivity index (χ3v) is 8.66. The first-order valence-corrected chi connectivity index (χ1v) is 12.3. The van der Waals surface area contributed by atoms with Gasteiger partial charge in [-0.25, -0.2) is 9.18 Å². The number of hydrogen-bond donors (Lipinski definition) is 2. The van der Waals surface area contributed by atoms with E-state index in [1.165, 1.54) is 4.90 Å². The molecule has 3 atom stereocenters. The van der Waals surface area contributed by atoms with Gasteiger partial charge in [0.1, 0.15) is 16.1 Å². The molecule has 0 bridgehead atoms. The highest BCUT2D eigenvalue weighted by atomic mass is 79.9. The van der Waals surface area contributed by atoms with E-state index in [0.717, 1.165) is 6.07 Å². The Kier molecular flexibility index (Phi) is 7.32. The molecular weight excluding hydrogens is 519 g/mol. The summed E-state index contributed by atoms with van der Waals surface area (Å²) in [5.74, 6) is -0.723. The zero-order chi connectivity index (χ0) is 23.8. The van der Waals surface area contributed by atoms with Crippen molar-refractivity contribution in [2.75, 3.05) is 4.90 Å². The van der Waals surface area contributed by atoms with Crippen LogP contribution >= 0.6 is 27.5 Å². The lowest BCUT2D eigenvalue weighted by Crippen LogP contribution is -2.62. The first-order chi connectivity index (χ1) is 14.9. The van der Waals surface area contributed by atoms with Gasteiger partial charge in [0, 0.05) is 22.3 Å². The van der Waals surface area contributed by atoms with Crippen LogP contribution in [-0.4, -0.2) is 26.5 Å². The smallest absolute Gasteiger partial charge is 0.412 e. The zero-order valence-electron chi connectivity index (χ0n) is 18.0. The number of nitrogens with one attached hydrogen (secondary N) is 1. The summed E-state index contributed by atoms with van der Waals surface area (Å²) in [6.07, 6.45) is 0.932. The SMILES string of the molecule is C=CC[C@H](N[S+]([O-])C(C)(C)C)C1(c2ccccc2)Cc2c(cc(F)c(Cl)c2Br)N1C(=O)O. The van der Waals surface area contributed by atoms with E-state index < -0.39 is 39.6 Å². The molecule has 0 saturated heterocycles. The van der Waals surface area contributed by atoms with Gasteiger partial charge in [0.2, 0.25) is 0 Å². The maximum atomic E-state index is 14.6. The van der Waals surface area contributed by atoms with Crippen LogP contribution < -0.4 is 9.62 Å². The van der Waals surface area contributed by atoms with Crippen LogP contribution in [-0.2, 0) is 23.3 Å². The average molecular weight is 544 g/mol. The number of anilines is 1. The molecule has 1 aliphatic rings. The monoisotopic (exact) mass is 542 g/mol. The van der Waals surface area contributed by atoms with Crippen LogP contribution in [0.3, 0.4) is 0 Å². The van der Waals surface area contributed by atoms with Crippen LogP contribution in [0.5, 0.6) is 0 Å². The molecule has 2 N–H and O–H groups in total. The van der Waals surface area contributed by atoms with E-state index >= 15 is 0 Å². The lowest BCUT2D eigenvalue weighted by molar-refractivity contribution is 0.187. The Morgan fingerprint density at radius 2 is 2.09 bits per heavy atom. The third-order valence-electron chi connectivity index (χ3n) is 5.58. The fraction of sp³-hybridized carbons (Fsp3) is 0.348. The van der Waals surface area contributed by atoms with E-state index in [2.05, 4.69) is 27.2 Å². The van der Waals surface area contributed by atoms with Gasteiger partial charge in [-0.2, -0.15) is 0 Å². The maximum absolute atomic E-state index is 14.6. The maximum Gasteiger partial charge on any atom is 0.412 e. The largest absolute Gasteiger partial charge is 0.598 e. The molecule has 3 rings (SSSR count). The summed E-state index contributed by atoms with van der Waals surface area (Å²) in [6, 6.07) is 9.63. The Morgan fingerprint density at radius 1 is 1.47 bits per heavy atom. The van der Waals surface area contributed by atoms with Crippen LogP contribution in [0.25, 0.3) is 0 Å². The number of hydrogen-bond acceptors (Lipinski definition) is 3. The van der Waals surface area contributed by atoms with Gasteiger partial charge in [0.05, 0.1) is 16.8 Å². The van der Waals surface area contributed by atoms with E-state index in [1.807, 2.05) is 51.1 Å². The van der Waals surface area contributed by atoms with Gasteiger partial charge in [0.25, 0.3) is 0 Å². The topological polar surface area (TPSA) is 75.6 Å². The predicted octanol–water partition coefficient (Wildman–Crippen LogP) is 6.17. The summed E-state index contributed by atoms with van der Waals surface area (Å²) in [5, 5.41) is 10.2. The minimum absolute atomic E-state index is 0.107. The van der Waals surface area contributed by atoms with E-state index in [1.54, 1.807) is 6.08 Å². The highest BCUT2D eigenvalue weighted by molar-refractivity contribution is 9.10. The van der Waals surface area contributed by atoms with Gasteiger partial charge in [0.15, 0.2) is 0 Å². The van der Waals surface area contributed by atoms with Crippen molar-refractivity contribution in [3.05, 3.63) is 75.5 Å². The van der Waals surface area contributed by atoms with Gasteiger partial charge in [-0.15, -0.1) is 11.3 Å². The van der Waals surface area contributed by atoms with Crippen molar-refractivity contribution in [1.29, 1.82) is 0 Å². The van der Waals surface area contributed by atoms with Gasteiger partial charge in [-0.05, 0) is 60.3 Å². The molecule has 2 unspecified atom stereocenters. The Bertz CT molecular complexity index is 1030. The summed E-state index contributed by atoms with van der Waals surface area (Å²) in [7, 11) is 0. The zero-order valence-corrected chi connectivity index (χ0v) is 21.2. The second-order valence-corrected chi connectivity index (χ2v) is 11.8. The van der Waals surface area contributed by atoms with Crippen molar-refractivity contribution in [1.82, 2.24) is 4.72 Å². The second kappa shape index (κ2) is 9.35. The quantitative estimate of drug-likeness (QED) is 0.259. The molecular formula is C23H25BrClFN2O3S. The summed E-state index contributed by atoms with van der Waals surface area (Å²) in [6.45, 7) is 9.34. The predicted molar refractivity (Wildman–Crippen MR) is 131 cm³/mol. The standard InChI is InChI=1S/C23H25BrClFN2O3S/c1-5-9-18(27-32(31)22(2,3)4)23(14-10-7-6-8-11-14)13-15-17(28(23)21(29)30)12-16(26)20(25)19(15)24/h5-8,10-12,18,27H,1,9,13H2,2-4H3,(H,29,30)/t18-,23?,32?/m0/s1. The fourth-order valence-electron chi connectivity index (χ4n) is 4.08. The Morgan fingerprint density at radius 3 is 2.62 bits per heavy atom. The Hall–Kier alpha value is -1.58. The molecule has 0 saturated carbocycles. The van der Waals surface area contributed by atoms with Crippen molar-refractivity contribution in [2.45, 2.75) is 49.9 Å². The highest BCUT2D eigenvalue weighted by Gasteiger charge is 2.56. The van der Waals surface area contributed by atoms with Crippen molar-refractivity contribution < 1.29 is 18.8 Å². The number of nitrogens with zero attached hydrogens (tertiary/aromatic N) is 1. The minimum atomic E-state index is -1.50. The first kappa shape index (κ1) is 25.1. The first-order valence-electron chi connectivity index (χ1n) is 9.99. The van der Waals surface area contributed by atoms with Gasteiger partial charge >= 0.3 is 6.09 Å². The second-order valence-electron chi connectivity index (χ2n) is 8.64. The minimum Gasteiger partial charge on any atom is -0.598 e. The fourth-order valence-corrected chi connectivity index (χ4v) is 5.68. The van der Waals surface area contributed by atoms with E-state index in [4.69, 9.17) is 11.6 Å². The number of carbonyl (C=O) groups is 1. The average Bonchev–Trinajstić information content (AvgIpc) is 3.08. The molecule has 9 heteroatoms. The van der Waals surface area contributed by atoms with Crippen molar-refractivity contribution in [3.63, 3.8) is 0 Å². The van der Waals surface area contributed by atoms with Crippen molar-refractivity contribution >= 4 is 50.7 Å². The number of rotatable bonds is 6. The Labute approximate surface area is 204 Å². The number of halogens is 3. The molecule has 1 aliphatic heterocycles. The van der Waals surface area contributed by atoms with Crippen LogP contribution in [0.15, 0.2) is 53.5 Å². The van der Waals surface area contributed by atoms with Gasteiger partial charge in [-0.3, -0.25) is 4.90 Å². The molecule has 1 amide bonds. The van der Waals surface area contributed by atoms with Crippen LogP contribution in [0.2, 0.25) is 5.02 Å². The van der Waals surface area contributed by atoms with Crippen molar-refractivity contribution in [2.24, 2.45) is 0 Å². The molecule has 0 fully saturated rings. The molecule has 1 heterocycles. The summed E-state index contributed by atoms with van der Waals surface area (Å²) >= 11 is 8.00. The molecule has 5 nitrogen and oxygen atoms in total. The van der Waals surface area contributed by atoms with E-state index in [0.29, 0.717) is 22.0 Å². The third kappa shape index (κ3) is 4.31. The molecule has 172 valence electrons. The van der Waals surface area contributed by atoms with Crippen LogP contribution in [0.4, 0.5) is 14.9 Å². The van der Waals surface area contributed by atoms with Crippen LogP contribution in [0, 0.1) is 5.82 Å².